The summed E-state index contributed by atoms with van der Waals surface area (Å²) in [5, 5.41) is 14.7. The average molecular weight is 391 g/mol. The molecule has 0 saturated heterocycles. The molecule has 2 aromatic rings. The predicted molar refractivity (Wildman–Crippen MR) is 99.4 cm³/mol. The number of hydrogen-bond acceptors (Lipinski definition) is 4. The Bertz CT molecular complexity index is 871. The van der Waals surface area contributed by atoms with E-state index in [1.807, 2.05) is 0 Å². The summed E-state index contributed by atoms with van der Waals surface area (Å²) in [6, 6.07) is 5.83. The number of benzene rings is 1. The van der Waals surface area contributed by atoms with Crippen LogP contribution in [0.3, 0.4) is 0 Å². The van der Waals surface area contributed by atoms with Gasteiger partial charge in [0.1, 0.15) is 6.26 Å². The van der Waals surface area contributed by atoms with E-state index in [1.165, 1.54) is 18.6 Å². The van der Waals surface area contributed by atoms with Crippen LogP contribution in [0, 0.1) is 0 Å². The fourth-order valence-corrected chi connectivity index (χ4v) is 3.25. The van der Waals surface area contributed by atoms with Gasteiger partial charge in [0.05, 0.1) is 16.1 Å². The zero-order valence-electron chi connectivity index (χ0n) is 14.5. The highest BCUT2D eigenvalue weighted by molar-refractivity contribution is 6.34. The summed E-state index contributed by atoms with van der Waals surface area (Å²) in [5.74, 6) is -2.24. The second-order valence-corrected chi connectivity index (χ2v) is 6.87. The largest absolute Gasteiger partial charge is 0.478 e. The third kappa shape index (κ3) is 4.68. The summed E-state index contributed by atoms with van der Waals surface area (Å²) in [5.41, 5.74) is 0.501. The Balaban J connectivity index is 1.71. The molecule has 1 aliphatic rings. The lowest BCUT2D eigenvalue weighted by atomic mass is 9.95. The van der Waals surface area contributed by atoms with Gasteiger partial charge in [-0.2, -0.15) is 0 Å². The monoisotopic (exact) mass is 390 g/mol. The number of furan rings is 1. The number of nitrogens with one attached hydrogen (secondary N) is 2. The van der Waals surface area contributed by atoms with Crippen molar-refractivity contribution in [3.8, 4) is 0 Å². The Morgan fingerprint density at radius 2 is 1.81 bits per heavy atom. The zero-order chi connectivity index (χ0) is 19.4. The van der Waals surface area contributed by atoms with E-state index in [9.17, 15) is 14.4 Å². The number of halogens is 1. The SMILES string of the molecule is O=C(O)c1coc(C(=O)Nc2ccc(Cl)c(C(=O)NC3CCCCC3)c2)c1. The van der Waals surface area contributed by atoms with Crippen molar-refractivity contribution in [2.45, 2.75) is 38.1 Å². The molecule has 0 radical (unpaired) electrons. The Hall–Kier alpha value is -2.80. The minimum atomic E-state index is -1.19. The fraction of sp³-hybridized carbons (Fsp3) is 0.316. The quantitative estimate of drug-likeness (QED) is 0.716. The number of anilines is 1. The van der Waals surface area contributed by atoms with Gasteiger partial charge in [0.15, 0.2) is 5.76 Å². The van der Waals surface area contributed by atoms with Crippen LogP contribution in [0.4, 0.5) is 5.69 Å². The molecular weight excluding hydrogens is 372 g/mol. The Morgan fingerprint density at radius 3 is 2.48 bits per heavy atom. The van der Waals surface area contributed by atoms with Crippen LogP contribution in [0.25, 0.3) is 0 Å². The van der Waals surface area contributed by atoms with Crippen LogP contribution < -0.4 is 10.6 Å². The average Bonchev–Trinajstić information content (AvgIpc) is 3.15. The lowest BCUT2D eigenvalue weighted by molar-refractivity contribution is 0.0695. The Kier molecular flexibility index (Phi) is 5.81. The minimum Gasteiger partial charge on any atom is -0.478 e. The van der Waals surface area contributed by atoms with Crippen molar-refractivity contribution in [2.24, 2.45) is 0 Å². The maximum atomic E-state index is 12.5. The third-order valence-electron chi connectivity index (χ3n) is 4.48. The lowest BCUT2D eigenvalue weighted by Gasteiger charge is -2.23. The molecule has 3 rings (SSSR count). The van der Waals surface area contributed by atoms with Crippen molar-refractivity contribution in [1.29, 1.82) is 0 Å². The molecule has 1 aromatic heterocycles. The molecule has 1 heterocycles. The van der Waals surface area contributed by atoms with Gasteiger partial charge in [0.25, 0.3) is 11.8 Å². The maximum Gasteiger partial charge on any atom is 0.338 e. The van der Waals surface area contributed by atoms with Crippen LogP contribution in [0.5, 0.6) is 0 Å². The number of amides is 2. The molecule has 1 saturated carbocycles. The van der Waals surface area contributed by atoms with Crippen LogP contribution >= 0.6 is 11.6 Å². The molecular formula is C19H19ClN2O5. The highest BCUT2D eigenvalue weighted by Gasteiger charge is 2.20. The lowest BCUT2D eigenvalue weighted by Crippen LogP contribution is -2.36. The topological polar surface area (TPSA) is 109 Å². The normalized spacial score (nSPS) is 14.6. The molecule has 8 heteroatoms. The van der Waals surface area contributed by atoms with Crippen molar-refractivity contribution in [3.63, 3.8) is 0 Å². The molecule has 142 valence electrons. The molecule has 0 aliphatic heterocycles. The van der Waals surface area contributed by atoms with Gasteiger partial charge < -0.3 is 20.2 Å². The highest BCUT2D eigenvalue weighted by Crippen LogP contribution is 2.23. The fourth-order valence-electron chi connectivity index (χ4n) is 3.05. The van der Waals surface area contributed by atoms with Gasteiger partial charge in [-0.3, -0.25) is 9.59 Å². The minimum absolute atomic E-state index is 0.121. The molecule has 2 amide bonds. The number of rotatable bonds is 5. The smallest absolute Gasteiger partial charge is 0.338 e. The zero-order valence-corrected chi connectivity index (χ0v) is 15.2. The van der Waals surface area contributed by atoms with Crippen molar-refractivity contribution in [2.75, 3.05) is 5.32 Å². The molecule has 0 atom stereocenters. The summed E-state index contributed by atoms with van der Waals surface area (Å²) in [4.78, 5) is 35.6. The Morgan fingerprint density at radius 1 is 1.07 bits per heavy atom. The molecule has 7 nitrogen and oxygen atoms in total. The number of carboxylic acid groups (broad SMARTS) is 1. The van der Waals surface area contributed by atoms with E-state index in [2.05, 4.69) is 10.6 Å². The number of hydrogen-bond donors (Lipinski definition) is 3. The molecule has 1 aliphatic carbocycles. The van der Waals surface area contributed by atoms with Crippen LogP contribution in [0.1, 0.15) is 63.4 Å². The third-order valence-corrected chi connectivity index (χ3v) is 4.81. The van der Waals surface area contributed by atoms with E-state index in [0.29, 0.717) is 5.69 Å². The number of carboxylic acids is 1. The first-order valence-electron chi connectivity index (χ1n) is 8.67. The first kappa shape index (κ1) is 19.0. The second kappa shape index (κ2) is 8.26. The van der Waals surface area contributed by atoms with E-state index >= 15 is 0 Å². The molecule has 27 heavy (non-hydrogen) atoms. The van der Waals surface area contributed by atoms with Crippen molar-refractivity contribution in [3.05, 3.63) is 52.4 Å². The standard InChI is InChI=1S/C19H19ClN2O5/c20-15-7-6-13(22-18(24)16-8-11(10-27-16)19(25)26)9-14(15)17(23)21-12-4-2-1-3-5-12/h6-10,12H,1-5H2,(H,21,23)(H,22,24)(H,25,26). The van der Waals surface area contributed by atoms with E-state index in [-0.39, 0.29) is 33.9 Å². The van der Waals surface area contributed by atoms with Crippen molar-refractivity contribution < 1.29 is 23.9 Å². The summed E-state index contributed by atoms with van der Waals surface area (Å²) < 4.78 is 4.96. The summed E-state index contributed by atoms with van der Waals surface area (Å²) in [6.45, 7) is 0. The van der Waals surface area contributed by atoms with Crippen molar-refractivity contribution >= 4 is 35.1 Å². The molecule has 0 spiro atoms. The summed E-state index contributed by atoms with van der Waals surface area (Å²) in [7, 11) is 0. The van der Waals surface area contributed by atoms with E-state index in [1.54, 1.807) is 6.07 Å². The van der Waals surface area contributed by atoms with Gasteiger partial charge in [-0.15, -0.1) is 0 Å². The van der Waals surface area contributed by atoms with E-state index in [0.717, 1.165) is 38.0 Å². The number of carbonyl (C=O) groups is 3. The van der Waals surface area contributed by atoms with Crippen molar-refractivity contribution in [1.82, 2.24) is 5.32 Å². The summed E-state index contributed by atoms with van der Waals surface area (Å²) in [6.07, 6.45) is 6.26. The van der Waals surface area contributed by atoms with Gasteiger partial charge in [0, 0.05) is 17.8 Å². The van der Waals surface area contributed by atoms with Gasteiger partial charge in [-0.1, -0.05) is 30.9 Å². The Labute approximate surface area is 160 Å². The van der Waals surface area contributed by atoms with Crippen LogP contribution in [-0.4, -0.2) is 28.9 Å². The maximum absolute atomic E-state index is 12.5. The molecule has 0 unspecified atom stereocenters. The van der Waals surface area contributed by atoms with Gasteiger partial charge in [-0.05, 0) is 31.0 Å². The van der Waals surface area contributed by atoms with Gasteiger partial charge in [-0.25, -0.2) is 4.79 Å². The van der Waals surface area contributed by atoms with Gasteiger partial charge in [0.2, 0.25) is 0 Å². The molecule has 1 aromatic carbocycles. The highest BCUT2D eigenvalue weighted by atomic mass is 35.5. The molecule has 3 N–H and O–H groups in total. The van der Waals surface area contributed by atoms with Crippen LogP contribution in [-0.2, 0) is 0 Å². The predicted octanol–water partition coefficient (Wildman–Crippen LogP) is 3.95. The van der Waals surface area contributed by atoms with Crippen LogP contribution in [0.15, 0.2) is 34.9 Å². The van der Waals surface area contributed by atoms with Crippen LogP contribution in [0.2, 0.25) is 5.02 Å². The second-order valence-electron chi connectivity index (χ2n) is 6.46. The van der Waals surface area contributed by atoms with E-state index < -0.39 is 11.9 Å². The number of carbonyl (C=O) groups excluding carboxylic acids is 2. The van der Waals surface area contributed by atoms with E-state index in [4.69, 9.17) is 21.1 Å². The molecule has 0 bridgehead atoms. The molecule has 1 fully saturated rings. The number of aromatic carboxylic acids is 1. The summed E-state index contributed by atoms with van der Waals surface area (Å²) >= 11 is 6.14. The van der Waals surface area contributed by atoms with Gasteiger partial charge >= 0.3 is 5.97 Å². The first-order chi connectivity index (χ1) is 12.9. The first-order valence-corrected chi connectivity index (χ1v) is 9.05.